The number of furan rings is 1. The zero-order valence-corrected chi connectivity index (χ0v) is 16.6. The van der Waals surface area contributed by atoms with Crippen LogP contribution >= 0.6 is 0 Å². The Labute approximate surface area is 164 Å². The molecule has 2 rings (SSSR count). The Morgan fingerprint density at radius 1 is 1.07 bits per heavy atom. The summed E-state index contributed by atoms with van der Waals surface area (Å²) < 4.78 is 16.6. The van der Waals surface area contributed by atoms with Crippen LogP contribution in [0.15, 0.2) is 34.8 Å². The van der Waals surface area contributed by atoms with Gasteiger partial charge in [0, 0.05) is 6.08 Å². The maximum Gasteiger partial charge on any atom is 0.273 e. The van der Waals surface area contributed by atoms with Crippen LogP contribution in [0, 0.1) is 13.8 Å². The third-order valence-electron chi connectivity index (χ3n) is 3.74. The molecule has 7 heteroatoms. The summed E-state index contributed by atoms with van der Waals surface area (Å²) in [6.45, 7) is 8.48. The van der Waals surface area contributed by atoms with E-state index in [1.54, 1.807) is 32.1 Å². The summed E-state index contributed by atoms with van der Waals surface area (Å²) >= 11 is 0. The predicted molar refractivity (Wildman–Crippen MR) is 106 cm³/mol. The number of aryl methyl sites for hydroxylation is 2. The highest BCUT2D eigenvalue weighted by atomic mass is 16.5. The molecule has 0 aliphatic rings. The Morgan fingerprint density at radius 2 is 1.86 bits per heavy atom. The lowest BCUT2D eigenvalue weighted by Crippen LogP contribution is -2.40. The van der Waals surface area contributed by atoms with Crippen LogP contribution in [0.2, 0.25) is 0 Å². The van der Waals surface area contributed by atoms with Crippen LogP contribution in [-0.2, 0) is 4.79 Å². The van der Waals surface area contributed by atoms with Crippen molar-refractivity contribution < 1.29 is 23.5 Å². The van der Waals surface area contributed by atoms with Gasteiger partial charge in [0.25, 0.3) is 11.8 Å². The lowest BCUT2D eigenvalue weighted by atomic mass is 10.2. The molecule has 2 N–H and O–H groups in total. The SMILES string of the molecule is CCCOc1ccc(/C=C/C(=O)NNC(=O)c2cc(C)oc2C)cc1OCC. The van der Waals surface area contributed by atoms with Crippen molar-refractivity contribution in [3.63, 3.8) is 0 Å². The molecule has 7 nitrogen and oxygen atoms in total. The number of carbonyl (C=O) groups excluding carboxylic acids is 2. The monoisotopic (exact) mass is 386 g/mol. The highest BCUT2D eigenvalue weighted by molar-refractivity contribution is 5.98. The average Bonchev–Trinajstić information content (AvgIpc) is 3.02. The van der Waals surface area contributed by atoms with E-state index >= 15 is 0 Å². The second-order valence-corrected chi connectivity index (χ2v) is 6.09. The summed E-state index contributed by atoms with van der Waals surface area (Å²) in [6.07, 6.45) is 3.85. The molecule has 0 atom stereocenters. The Balaban J connectivity index is 1.96. The van der Waals surface area contributed by atoms with Crippen LogP contribution in [0.4, 0.5) is 0 Å². The zero-order chi connectivity index (χ0) is 20.5. The minimum Gasteiger partial charge on any atom is -0.490 e. The van der Waals surface area contributed by atoms with Gasteiger partial charge in [-0.2, -0.15) is 0 Å². The molecule has 1 aromatic carbocycles. The number of amides is 2. The normalized spacial score (nSPS) is 10.7. The second kappa shape index (κ2) is 10.2. The molecule has 2 amide bonds. The average molecular weight is 386 g/mol. The van der Waals surface area contributed by atoms with Gasteiger partial charge in [0.15, 0.2) is 11.5 Å². The molecule has 1 heterocycles. The molecule has 0 unspecified atom stereocenters. The largest absolute Gasteiger partial charge is 0.490 e. The molecule has 28 heavy (non-hydrogen) atoms. The standard InChI is InChI=1S/C21H26N2O5/c1-5-11-27-18-9-7-16(13-19(18)26-6-2)8-10-20(24)22-23-21(25)17-12-14(3)28-15(17)4/h7-10,12-13H,5-6,11H2,1-4H3,(H,22,24)(H,23,25)/b10-8+. The Kier molecular flexibility index (Phi) is 7.68. The van der Waals surface area contributed by atoms with Crippen LogP contribution < -0.4 is 20.3 Å². The maximum absolute atomic E-state index is 12.1. The summed E-state index contributed by atoms with van der Waals surface area (Å²) in [4.78, 5) is 24.0. The summed E-state index contributed by atoms with van der Waals surface area (Å²) in [5.74, 6) is 1.52. The van der Waals surface area contributed by atoms with E-state index in [4.69, 9.17) is 13.9 Å². The Morgan fingerprint density at radius 3 is 2.50 bits per heavy atom. The predicted octanol–water partition coefficient (Wildman–Crippen LogP) is 3.56. The van der Waals surface area contributed by atoms with E-state index in [9.17, 15) is 9.59 Å². The van der Waals surface area contributed by atoms with Crippen LogP contribution in [0.5, 0.6) is 11.5 Å². The van der Waals surface area contributed by atoms with Crippen molar-refractivity contribution in [1.82, 2.24) is 10.9 Å². The van der Waals surface area contributed by atoms with Crippen LogP contribution in [0.3, 0.4) is 0 Å². The second-order valence-electron chi connectivity index (χ2n) is 6.09. The summed E-state index contributed by atoms with van der Waals surface area (Å²) in [7, 11) is 0. The van der Waals surface area contributed by atoms with Crippen molar-refractivity contribution in [3.8, 4) is 11.5 Å². The van der Waals surface area contributed by atoms with E-state index in [2.05, 4.69) is 10.9 Å². The van der Waals surface area contributed by atoms with E-state index in [0.717, 1.165) is 12.0 Å². The quantitative estimate of drug-likeness (QED) is 0.535. The molecule has 150 valence electrons. The van der Waals surface area contributed by atoms with Gasteiger partial charge < -0.3 is 13.9 Å². The van der Waals surface area contributed by atoms with Crippen molar-refractivity contribution in [2.75, 3.05) is 13.2 Å². The molecular formula is C21H26N2O5. The number of rotatable bonds is 8. The number of benzene rings is 1. The molecule has 2 aromatic rings. The fourth-order valence-electron chi connectivity index (χ4n) is 2.48. The molecule has 0 spiro atoms. The summed E-state index contributed by atoms with van der Waals surface area (Å²) in [5, 5.41) is 0. The molecule has 0 saturated heterocycles. The first kappa shape index (κ1) is 21.1. The fourth-order valence-corrected chi connectivity index (χ4v) is 2.48. The first-order chi connectivity index (χ1) is 13.4. The van der Waals surface area contributed by atoms with Crippen LogP contribution in [0.1, 0.15) is 47.7 Å². The molecular weight excluding hydrogens is 360 g/mol. The van der Waals surface area contributed by atoms with Crippen LogP contribution in [0.25, 0.3) is 6.08 Å². The molecule has 0 bridgehead atoms. The summed E-state index contributed by atoms with van der Waals surface area (Å²) in [6, 6.07) is 7.05. The van der Waals surface area contributed by atoms with Gasteiger partial charge in [-0.15, -0.1) is 0 Å². The topological polar surface area (TPSA) is 89.8 Å². The van der Waals surface area contributed by atoms with Crippen LogP contribution in [-0.4, -0.2) is 25.0 Å². The molecule has 0 fully saturated rings. The van der Waals surface area contributed by atoms with Gasteiger partial charge in [-0.3, -0.25) is 20.4 Å². The first-order valence-corrected chi connectivity index (χ1v) is 9.19. The third kappa shape index (κ3) is 5.90. The van der Waals surface area contributed by atoms with Gasteiger partial charge in [0.1, 0.15) is 11.5 Å². The van der Waals surface area contributed by atoms with Gasteiger partial charge in [0.05, 0.1) is 18.8 Å². The number of ether oxygens (including phenoxy) is 2. The minimum atomic E-state index is -0.463. The van der Waals surface area contributed by atoms with Crippen molar-refractivity contribution in [2.45, 2.75) is 34.1 Å². The highest BCUT2D eigenvalue weighted by Crippen LogP contribution is 2.29. The number of hydrogen-bond donors (Lipinski definition) is 2. The van der Waals surface area contributed by atoms with Gasteiger partial charge >= 0.3 is 0 Å². The highest BCUT2D eigenvalue weighted by Gasteiger charge is 2.13. The molecule has 0 aliphatic heterocycles. The summed E-state index contributed by atoms with van der Waals surface area (Å²) in [5.41, 5.74) is 5.86. The van der Waals surface area contributed by atoms with Gasteiger partial charge in [0.2, 0.25) is 0 Å². The van der Waals surface area contributed by atoms with Crippen molar-refractivity contribution in [1.29, 1.82) is 0 Å². The Hall–Kier alpha value is -3.22. The van der Waals surface area contributed by atoms with Crippen molar-refractivity contribution in [3.05, 3.63) is 53.0 Å². The van der Waals surface area contributed by atoms with Crippen molar-refractivity contribution >= 4 is 17.9 Å². The number of hydrogen-bond acceptors (Lipinski definition) is 5. The van der Waals surface area contributed by atoms with E-state index in [-0.39, 0.29) is 0 Å². The molecule has 0 radical (unpaired) electrons. The lowest BCUT2D eigenvalue weighted by molar-refractivity contribution is -0.117. The fraction of sp³-hybridized carbons (Fsp3) is 0.333. The van der Waals surface area contributed by atoms with Gasteiger partial charge in [-0.1, -0.05) is 13.0 Å². The third-order valence-corrected chi connectivity index (χ3v) is 3.74. The number of nitrogens with one attached hydrogen (secondary N) is 2. The van der Waals surface area contributed by atoms with E-state index < -0.39 is 11.8 Å². The minimum absolute atomic E-state index is 0.380. The first-order valence-electron chi connectivity index (χ1n) is 9.19. The lowest BCUT2D eigenvalue weighted by Gasteiger charge is -2.12. The molecule has 0 saturated carbocycles. The zero-order valence-electron chi connectivity index (χ0n) is 16.6. The van der Waals surface area contributed by atoms with Gasteiger partial charge in [-0.05, 0) is 57.0 Å². The maximum atomic E-state index is 12.1. The number of hydrazine groups is 1. The van der Waals surface area contributed by atoms with E-state index in [1.807, 2.05) is 26.0 Å². The smallest absolute Gasteiger partial charge is 0.273 e. The Bertz CT molecular complexity index is 854. The van der Waals surface area contributed by atoms with E-state index in [0.29, 0.717) is 41.8 Å². The van der Waals surface area contributed by atoms with Gasteiger partial charge in [-0.25, -0.2) is 0 Å². The molecule has 0 aliphatic carbocycles. The molecule has 1 aromatic heterocycles. The number of carbonyl (C=O) groups is 2. The van der Waals surface area contributed by atoms with Crippen molar-refractivity contribution in [2.24, 2.45) is 0 Å². The van der Waals surface area contributed by atoms with E-state index in [1.165, 1.54) is 6.08 Å².